The first kappa shape index (κ1) is 17.4. The summed E-state index contributed by atoms with van der Waals surface area (Å²) < 4.78 is 42.4. The van der Waals surface area contributed by atoms with E-state index in [1.165, 1.54) is 42.1 Å². The van der Waals surface area contributed by atoms with E-state index in [-0.39, 0.29) is 35.3 Å². The van der Waals surface area contributed by atoms with Crippen LogP contribution in [0.2, 0.25) is 0 Å². The molecule has 0 saturated carbocycles. The van der Waals surface area contributed by atoms with Crippen molar-refractivity contribution < 1.29 is 27.1 Å². The Hall–Kier alpha value is -2.43. The van der Waals surface area contributed by atoms with Gasteiger partial charge in [0.1, 0.15) is 16.9 Å². The molecule has 1 aliphatic rings. The molecule has 25 heavy (non-hydrogen) atoms. The molecule has 0 radical (unpaired) electrons. The van der Waals surface area contributed by atoms with Crippen molar-refractivity contribution in [2.24, 2.45) is 0 Å². The highest BCUT2D eigenvalue weighted by atomic mass is 32.2. The summed E-state index contributed by atoms with van der Waals surface area (Å²) in [6.07, 6.45) is 2.62. The Kier molecular flexibility index (Phi) is 5.02. The minimum atomic E-state index is -3.78. The van der Waals surface area contributed by atoms with E-state index in [1.54, 1.807) is 0 Å². The molecule has 1 fully saturated rings. The number of sulfonamides is 1. The zero-order valence-corrected chi connectivity index (χ0v) is 14.3. The number of amides is 1. The molecule has 0 unspecified atom stereocenters. The third-order valence-electron chi connectivity index (χ3n) is 3.64. The van der Waals surface area contributed by atoms with Gasteiger partial charge in [-0.1, -0.05) is 0 Å². The van der Waals surface area contributed by atoms with Crippen LogP contribution >= 0.6 is 0 Å². The smallest absolute Gasteiger partial charge is 0.311 e. The number of rotatable bonds is 5. The van der Waals surface area contributed by atoms with Crippen LogP contribution in [-0.4, -0.2) is 57.0 Å². The van der Waals surface area contributed by atoms with Gasteiger partial charge in [-0.05, 0) is 18.2 Å². The first-order valence-electron chi connectivity index (χ1n) is 7.49. The van der Waals surface area contributed by atoms with E-state index in [2.05, 4.69) is 10.3 Å². The van der Waals surface area contributed by atoms with E-state index in [1.807, 2.05) is 0 Å². The lowest BCUT2D eigenvalue weighted by Crippen LogP contribution is -2.40. The Labute approximate surface area is 144 Å². The number of anilines is 1. The first-order chi connectivity index (χ1) is 12.0. The third kappa shape index (κ3) is 3.65. The van der Waals surface area contributed by atoms with Gasteiger partial charge in [0.2, 0.25) is 10.0 Å². The number of oxazole rings is 1. The van der Waals surface area contributed by atoms with Gasteiger partial charge >= 0.3 is 5.91 Å². The van der Waals surface area contributed by atoms with Crippen molar-refractivity contribution in [1.29, 1.82) is 0 Å². The number of carbonyl (C=O) groups excluding carboxylic acids is 1. The minimum Gasteiger partial charge on any atom is -0.495 e. The minimum absolute atomic E-state index is 0.0258. The molecule has 3 rings (SSSR count). The van der Waals surface area contributed by atoms with Crippen molar-refractivity contribution in [3.8, 4) is 5.75 Å². The van der Waals surface area contributed by atoms with Gasteiger partial charge in [0.15, 0.2) is 0 Å². The molecule has 2 heterocycles. The Morgan fingerprint density at radius 2 is 2.08 bits per heavy atom. The largest absolute Gasteiger partial charge is 0.495 e. The number of morpholine rings is 1. The maximum absolute atomic E-state index is 12.9. The summed E-state index contributed by atoms with van der Waals surface area (Å²) in [6.45, 7) is 1.20. The summed E-state index contributed by atoms with van der Waals surface area (Å²) in [4.78, 5) is 15.7. The predicted octanol–water partition coefficient (Wildman–Crippen LogP) is 0.956. The maximum Gasteiger partial charge on any atom is 0.311 e. The lowest BCUT2D eigenvalue weighted by Gasteiger charge is -2.26. The molecule has 134 valence electrons. The Balaban J connectivity index is 1.91. The van der Waals surface area contributed by atoms with Gasteiger partial charge in [-0.15, -0.1) is 0 Å². The zero-order valence-electron chi connectivity index (χ0n) is 13.5. The second kappa shape index (κ2) is 7.21. The fourth-order valence-electron chi connectivity index (χ4n) is 2.40. The van der Waals surface area contributed by atoms with Crippen LogP contribution in [0.1, 0.15) is 10.7 Å². The second-order valence-corrected chi connectivity index (χ2v) is 7.08. The maximum atomic E-state index is 12.9. The van der Waals surface area contributed by atoms with Crippen molar-refractivity contribution in [3.05, 3.63) is 36.5 Å². The number of benzene rings is 1. The van der Waals surface area contributed by atoms with E-state index >= 15 is 0 Å². The van der Waals surface area contributed by atoms with Crippen molar-refractivity contribution in [3.63, 3.8) is 0 Å². The fourth-order valence-corrected chi connectivity index (χ4v) is 3.99. The van der Waals surface area contributed by atoms with Crippen LogP contribution in [0.25, 0.3) is 0 Å². The molecule has 1 aromatic carbocycles. The van der Waals surface area contributed by atoms with E-state index in [0.717, 1.165) is 0 Å². The second-order valence-electron chi connectivity index (χ2n) is 5.17. The number of hydrogen-bond donors (Lipinski definition) is 1. The highest BCUT2D eigenvalue weighted by Gasteiger charge is 2.29. The number of carbonyl (C=O) groups is 1. The van der Waals surface area contributed by atoms with Crippen molar-refractivity contribution >= 4 is 21.6 Å². The van der Waals surface area contributed by atoms with Gasteiger partial charge in [0, 0.05) is 18.8 Å². The first-order valence-corrected chi connectivity index (χ1v) is 8.93. The molecular formula is C15H17N3O6S. The van der Waals surface area contributed by atoms with Crippen LogP contribution in [0.4, 0.5) is 5.69 Å². The highest BCUT2D eigenvalue weighted by Crippen LogP contribution is 2.30. The summed E-state index contributed by atoms with van der Waals surface area (Å²) in [6, 6.07) is 4.38. The monoisotopic (exact) mass is 367 g/mol. The van der Waals surface area contributed by atoms with E-state index in [0.29, 0.717) is 13.2 Å². The van der Waals surface area contributed by atoms with Crippen molar-refractivity contribution in [1.82, 2.24) is 9.29 Å². The topological polar surface area (TPSA) is 111 Å². The van der Waals surface area contributed by atoms with Crippen molar-refractivity contribution in [2.45, 2.75) is 4.90 Å². The zero-order chi connectivity index (χ0) is 17.9. The van der Waals surface area contributed by atoms with Gasteiger partial charge in [0.25, 0.3) is 5.89 Å². The van der Waals surface area contributed by atoms with Gasteiger partial charge in [-0.25, -0.2) is 13.4 Å². The van der Waals surface area contributed by atoms with Gasteiger partial charge in [0.05, 0.1) is 26.5 Å². The van der Waals surface area contributed by atoms with Crippen LogP contribution in [0.15, 0.2) is 40.0 Å². The standard InChI is InChI=1S/C15H17N3O6S/c1-22-12-3-2-11(17-14(19)15-16-4-7-24-15)10-13(12)25(20,21)18-5-8-23-9-6-18/h2-4,7,10H,5-6,8-9H2,1H3,(H,17,19). The summed E-state index contributed by atoms with van der Waals surface area (Å²) in [5, 5.41) is 2.55. The van der Waals surface area contributed by atoms with Gasteiger partial charge in [-0.2, -0.15) is 4.31 Å². The number of ether oxygens (including phenoxy) is 2. The van der Waals surface area contributed by atoms with E-state index in [4.69, 9.17) is 13.9 Å². The summed E-state index contributed by atoms with van der Waals surface area (Å²) in [7, 11) is -2.39. The quantitative estimate of drug-likeness (QED) is 0.838. The fraction of sp³-hybridized carbons (Fsp3) is 0.333. The number of nitrogens with one attached hydrogen (secondary N) is 1. The average Bonchev–Trinajstić information content (AvgIpc) is 3.17. The lowest BCUT2D eigenvalue weighted by molar-refractivity contribution is 0.0729. The van der Waals surface area contributed by atoms with E-state index < -0.39 is 15.9 Å². The predicted molar refractivity (Wildman–Crippen MR) is 87.0 cm³/mol. The van der Waals surface area contributed by atoms with Crippen LogP contribution < -0.4 is 10.1 Å². The number of nitrogens with zero attached hydrogens (tertiary/aromatic N) is 2. The lowest BCUT2D eigenvalue weighted by atomic mass is 10.3. The molecule has 2 aromatic rings. The number of aromatic nitrogens is 1. The van der Waals surface area contributed by atoms with Gasteiger partial charge in [-0.3, -0.25) is 4.79 Å². The Morgan fingerprint density at radius 3 is 2.72 bits per heavy atom. The molecular weight excluding hydrogens is 350 g/mol. The molecule has 1 aliphatic heterocycles. The summed E-state index contributed by atoms with van der Waals surface area (Å²) >= 11 is 0. The Bertz CT molecular complexity index is 844. The normalized spacial score (nSPS) is 15.7. The number of hydrogen-bond acceptors (Lipinski definition) is 7. The van der Waals surface area contributed by atoms with E-state index in [9.17, 15) is 13.2 Å². The highest BCUT2D eigenvalue weighted by molar-refractivity contribution is 7.89. The molecule has 10 heteroatoms. The Morgan fingerprint density at radius 1 is 1.32 bits per heavy atom. The molecule has 0 atom stereocenters. The average molecular weight is 367 g/mol. The van der Waals surface area contributed by atoms with Gasteiger partial charge < -0.3 is 19.2 Å². The molecule has 0 aliphatic carbocycles. The van der Waals surface area contributed by atoms with Crippen LogP contribution in [-0.2, 0) is 14.8 Å². The SMILES string of the molecule is COc1ccc(NC(=O)c2ncco2)cc1S(=O)(=O)N1CCOCC1. The molecule has 0 spiro atoms. The molecule has 9 nitrogen and oxygen atoms in total. The molecule has 0 bridgehead atoms. The molecule has 1 N–H and O–H groups in total. The van der Waals surface area contributed by atoms with Crippen molar-refractivity contribution in [2.75, 3.05) is 38.7 Å². The van der Waals surface area contributed by atoms with Crippen LogP contribution in [0.5, 0.6) is 5.75 Å². The molecule has 1 amide bonds. The van der Waals surface area contributed by atoms with Crippen LogP contribution in [0.3, 0.4) is 0 Å². The number of methoxy groups -OCH3 is 1. The summed E-state index contributed by atoms with van der Waals surface area (Å²) in [5.41, 5.74) is 0.288. The molecule has 1 aromatic heterocycles. The van der Waals surface area contributed by atoms with Crippen LogP contribution in [0, 0.1) is 0 Å². The summed E-state index contributed by atoms with van der Waals surface area (Å²) in [5.74, 6) is -0.501. The third-order valence-corrected chi connectivity index (χ3v) is 5.56. The molecule has 1 saturated heterocycles.